The number of ketones is 1. The van der Waals surface area contributed by atoms with Crippen molar-refractivity contribution in [2.75, 3.05) is 11.5 Å². The Bertz CT molecular complexity index is 544. The molecule has 0 aromatic rings. The first-order chi connectivity index (χ1) is 13.4. The van der Waals surface area contributed by atoms with E-state index >= 15 is 0 Å². The summed E-state index contributed by atoms with van der Waals surface area (Å²) in [6.45, 7) is 10.7. The van der Waals surface area contributed by atoms with Gasteiger partial charge in [0.2, 0.25) is 0 Å². The van der Waals surface area contributed by atoms with E-state index < -0.39 is 29.3 Å². The first-order valence-corrected chi connectivity index (χ1v) is 11.9. The summed E-state index contributed by atoms with van der Waals surface area (Å²) in [4.78, 5) is 36.9. The molecule has 168 valence electrons. The number of thioether (sulfide) groups is 1. The molecule has 6 nitrogen and oxygen atoms in total. The molecular formula is C22H39NO5S. The third-order valence-corrected chi connectivity index (χ3v) is 5.50. The number of amides is 1. The highest BCUT2D eigenvalue weighted by Crippen LogP contribution is 2.26. The molecule has 0 bridgehead atoms. The molecule has 0 aromatic heterocycles. The standard InChI is InChI=1S/C22H39NO5S/c1-21(2,3)27-19(25)17(23-20(26)28-22(4,5)6)12-14-29-15-13-18(24)16-10-8-7-9-11-16/h16-17H,7-15H2,1-6H3,(H,23,26)/t17-/m0/s1. The fourth-order valence-electron chi connectivity index (χ4n) is 3.18. The summed E-state index contributed by atoms with van der Waals surface area (Å²) in [5.74, 6) is 1.53. The molecule has 29 heavy (non-hydrogen) atoms. The average Bonchev–Trinajstić information content (AvgIpc) is 2.57. The lowest BCUT2D eigenvalue weighted by atomic mass is 9.85. The molecular weight excluding hydrogens is 390 g/mol. The van der Waals surface area contributed by atoms with Gasteiger partial charge in [0.25, 0.3) is 0 Å². The highest BCUT2D eigenvalue weighted by Gasteiger charge is 2.28. The summed E-state index contributed by atoms with van der Waals surface area (Å²) in [5, 5.41) is 2.63. The van der Waals surface area contributed by atoms with E-state index in [2.05, 4.69) is 5.32 Å². The van der Waals surface area contributed by atoms with Crippen molar-refractivity contribution in [3.63, 3.8) is 0 Å². The highest BCUT2D eigenvalue weighted by atomic mass is 32.2. The zero-order valence-electron chi connectivity index (χ0n) is 19.0. The van der Waals surface area contributed by atoms with Crippen LogP contribution < -0.4 is 5.32 Å². The van der Waals surface area contributed by atoms with Crippen LogP contribution in [0, 0.1) is 5.92 Å². The van der Waals surface area contributed by atoms with E-state index in [1.807, 2.05) is 0 Å². The number of carbonyl (C=O) groups excluding carboxylic acids is 3. The van der Waals surface area contributed by atoms with E-state index in [0.717, 1.165) is 31.4 Å². The normalized spacial score (nSPS) is 16.8. The third kappa shape index (κ3) is 12.1. The van der Waals surface area contributed by atoms with Crippen molar-refractivity contribution >= 4 is 29.6 Å². The number of hydrogen-bond donors (Lipinski definition) is 1. The van der Waals surface area contributed by atoms with Crippen molar-refractivity contribution in [1.82, 2.24) is 5.32 Å². The zero-order valence-corrected chi connectivity index (χ0v) is 19.8. The number of esters is 1. The fourth-order valence-corrected chi connectivity index (χ4v) is 4.13. The van der Waals surface area contributed by atoms with Crippen molar-refractivity contribution in [3.05, 3.63) is 0 Å². The Labute approximate surface area is 180 Å². The summed E-state index contributed by atoms with van der Waals surface area (Å²) < 4.78 is 10.7. The summed E-state index contributed by atoms with van der Waals surface area (Å²) >= 11 is 1.63. The number of carbonyl (C=O) groups is 3. The zero-order chi connectivity index (χ0) is 22.1. The molecule has 1 amide bonds. The fraction of sp³-hybridized carbons (Fsp3) is 0.864. The Hall–Kier alpha value is -1.24. The smallest absolute Gasteiger partial charge is 0.408 e. The van der Waals surface area contributed by atoms with Gasteiger partial charge in [-0.1, -0.05) is 19.3 Å². The number of hydrogen-bond acceptors (Lipinski definition) is 6. The van der Waals surface area contributed by atoms with Gasteiger partial charge >= 0.3 is 12.1 Å². The average molecular weight is 430 g/mol. The second-order valence-electron chi connectivity index (χ2n) is 9.68. The minimum atomic E-state index is -0.773. The van der Waals surface area contributed by atoms with Crippen LogP contribution in [0.3, 0.4) is 0 Å². The number of alkyl carbamates (subject to hydrolysis) is 1. The molecule has 1 aliphatic carbocycles. The van der Waals surface area contributed by atoms with E-state index in [1.165, 1.54) is 6.42 Å². The minimum absolute atomic E-state index is 0.243. The Balaban J connectivity index is 2.46. The maximum Gasteiger partial charge on any atom is 0.408 e. The van der Waals surface area contributed by atoms with Crippen molar-refractivity contribution < 1.29 is 23.9 Å². The number of ether oxygens (including phenoxy) is 2. The van der Waals surface area contributed by atoms with E-state index in [1.54, 1.807) is 53.3 Å². The third-order valence-electron chi connectivity index (χ3n) is 4.49. The topological polar surface area (TPSA) is 81.7 Å². The lowest BCUT2D eigenvalue weighted by Crippen LogP contribution is -2.46. The van der Waals surface area contributed by atoms with Crippen LogP contribution in [-0.2, 0) is 19.1 Å². The molecule has 0 aromatic carbocycles. The lowest BCUT2D eigenvalue weighted by molar-refractivity contribution is -0.157. The Morgan fingerprint density at radius 3 is 2.07 bits per heavy atom. The molecule has 1 N–H and O–H groups in total. The Morgan fingerprint density at radius 2 is 1.52 bits per heavy atom. The van der Waals surface area contributed by atoms with Crippen LogP contribution in [-0.4, -0.2) is 46.6 Å². The van der Waals surface area contributed by atoms with Gasteiger partial charge in [0, 0.05) is 18.1 Å². The van der Waals surface area contributed by atoms with Gasteiger partial charge in [0.15, 0.2) is 0 Å². The second kappa shape index (κ2) is 11.8. The van der Waals surface area contributed by atoms with Crippen molar-refractivity contribution in [2.24, 2.45) is 5.92 Å². The number of Topliss-reactive ketones (excluding diaryl/α,β-unsaturated/α-hetero) is 1. The molecule has 0 aliphatic heterocycles. The van der Waals surface area contributed by atoms with Gasteiger partial charge in [-0.15, -0.1) is 0 Å². The summed E-state index contributed by atoms with van der Waals surface area (Å²) in [5.41, 5.74) is -1.28. The summed E-state index contributed by atoms with van der Waals surface area (Å²) in [6, 6.07) is -0.773. The molecule has 0 radical (unpaired) electrons. The Kier molecular flexibility index (Phi) is 10.5. The van der Waals surface area contributed by atoms with E-state index in [9.17, 15) is 14.4 Å². The molecule has 1 saturated carbocycles. The first-order valence-electron chi connectivity index (χ1n) is 10.7. The van der Waals surface area contributed by atoms with Gasteiger partial charge in [0.1, 0.15) is 23.0 Å². The molecule has 1 aliphatic rings. The largest absolute Gasteiger partial charge is 0.458 e. The van der Waals surface area contributed by atoms with Crippen LogP contribution in [0.5, 0.6) is 0 Å². The SMILES string of the molecule is CC(C)(C)OC(=O)N[C@@H](CCSCCC(=O)C1CCCCC1)C(=O)OC(C)(C)C. The molecule has 0 spiro atoms. The van der Waals surface area contributed by atoms with E-state index in [4.69, 9.17) is 9.47 Å². The van der Waals surface area contributed by atoms with Gasteiger partial charge in [0.05, 0.1) is 0 Å². The van der Waals surface area contributed by atoms with Crippen LogP contribution in [0.25, 0.3) is 0 Å². The highest BCUT2D eigenvalue weighted by molar-refractivity contribution is 7.99. The van der Waals surface area contributed by atoms with Crippen LogP contribution in [0.1, 0.15) is 86.5 Å². The second-order valence-corrected chi connectivity index (χ2v) is 10.9. The predicted octanol–water partition coefficient (Wildman–Crippen LogP) is 4.88. The monoisotopic (exact) mass is 429 g/mol. The summed E-state index contributed by atoms with van der Waals surface area (Å²) in [7, 11) is 0. The van der Waals surface area contributed by atoms with Gasteiger partial charge in [-0.25, -0.2) is 9.59 Å². The van der Waals surface area contributed by atoms with Crippen LogP contribution in [0.2, 0.25) is 0 Å². The molecule has 0 saturated heterocycles. The number of rotatable bonds is 9. The maximum absolute atomic E-state index is 12.5. The molecule has 0 heterocycles. The van der Waals surface area contributed by atoms with E-state index in [0.29, 0.717) is 24.4 Å². The maximum atomic E-state index is 12.5. The van der Waals surface area contributed by atoms with Crippen molar-refractivity contribution in [2.45, 2.75) is 104 Å². The van der Waals surface area contributed by atoms with Crippen LogP contribution in [0.15, 0.2) is 0 Å². The van der Waals surface area contributed by atoms with Crippen LogP contribution >= 0.6 is 11.8 Å². The van der Waals surface area contributed by atoms with Gasteiger partial charge in [-0.05, 0) is 66.6 Å². The van der Waals surface area contributed by atoms with Crippen LogP contribution in [0.4, 0.5) is 4.79 Å². The molecule has 1 rings (SSSR count). The van der Waals surface area contributed by atoms with Gasteiger partial charge in [-0.3, -0.25) is 4.79 Å². The molecule has 7 heteroatoms. The van der Waals surface area contributed by atoms with Crippen molar-refractivity contribution in [1.29, 1.82) is 0 Å². The minimum Gasteiger partial charge on any atom is -0.458 e. The number of nitrogens with one attached hydrogen (secondary N) is 1. The van der Waals surface area contributed by atoms with E-state index in [-0.39, 0.29) is 5.92 Å². The lowest BCUT2D eigenvalue weighted by Gasteiger charge is -2.26. The molecule has 0 unspecified atom stereocenters. The van der Waals surface area contributed by atoms with Gasteiger partial charge in [-0.2, -0.15) is 11.8 Å². The summed E-state index contributed by atoms with van der Waals surface area (Å²) in [6.07, 6.45) is 6.01. The predicted molar refractivity (Wildman–Crippen MR) is 117 cm³/mol. The van der Waals surface area contributed by atoms with Crippen molar-refractivity contribution in [3.8, 4) is 0 Å². The quantitative estimate of drug-likeness (QED) is 0.415. The molecule has 1 fully saturated rings. The first kappa shape index (κ1) is 25.8. The molecule has 1 atom stereocenters. The Morgan fingerprint density at radius 1 is 0.931 bits per heavy atom. The van der Waals surface area contributed by atoms with Gasteiger partial charge < -0.3 is 14.8 Å².